The highest BCUT2D eigenvalue weighted by atomic mass is 79.9. The van der Waals surface area contributed by atoms with Gasteiger partial charge in [0.25, 0.3) is 0 Å². The van der Waals surface area contributed by atoms with Gasteiger partial charge in [0.15, 0.2) is 0 Å². The lowest BCUT2D eigenvalue weighted by molar-refractivity contribution is 0.224. The lowest BCUT2D eigenvalue weighted by atomic mass is 10.1. The van der Waals surface area contributed by atoms with Crippen LogP contribution >= 0.6 is 27.3 Å². The Labute approximate surface area is 102 Å². The molecule has 2 rings (SSSR count). The van der Waals surface area contributed by atoms with Gasteiger partial charge in [0.2, 0.25) is 0 Å². The van der Waals surface area contributed by atoms with E-state index in [4.69, 9.17) is 0 Å². The van der Waals surface area contributed by atoms with Crippen LogP contribution in [0.2, 0.25) is 0 Å². The van der Waals surface area contributed by atoms with Crippen molar-refractivity contribution in [2.75, 3.05) is 0 Å². The molecular weight excluding hydrogens is 272 g/mol. The van der Waals surface area contributed by atoms with Crippen molar-refractivity contribution in [3.05, 3.63) is 56.2 Å². The molecule has 0 saturated carbocycles. The van der Waals surface area contributed by atoms with Crippen LogP contribution in [0.4, 0.5) is 0 Å². The van der Waals surface area contributed by atoms with E-state index in [1.807, 2.05) is 43.3 Å². The van der Waals surface area contributed by atoms with E-state index in [1.54, 1.807) is 11.3 Å². The maximum atomic E-state index is 10.1. The van der Waals surface area contributed by atoms with Crippen molar-refractivity contribution in [1.29, 1.82) is 0 Å². The molecule has 0 saturated heterocycles. The summed E-state index contributed by atoms with van der Waals surface area (Å²) < 4.78 is 1.05. The topological polar surface area (TPSA) is 20.2 Å². The van der Waals surface area contributed by atoms with Crippen molar-refractivity contribution < 1.29 is 5.11 Å². The quantitative estimate of drug-likeness (QED) is 0.886. The van der Waals surface area contributed by atoms with Crippen molar-refractivity contribution >= 4 is 27.3 Å². The van der Waals surface area contributed by atoms with Crippen LogP contribution in [-0.4, -0.2) is 5.11 Å². The van der Waals surface area contributed by atoms with Gasteiger partial charge in [-0.2, -0.15) is 0 Å². The van der Waals surface area contributed by atoms with Crippen molar-refractivity contribution in [2.45, 2.75) is 13.0 Å². The predicted octanol–water partition coefficient (Wildman–Crippen LogP) is 3.90. The summed E-state index contributed by atoms with van der Waals surface area (Å²) in [5.41, 5.74) is 2.12. The van der Waals surface area contributed by atoms with E-state index in [-0.39, 0.29) is 0 Å². The van der Waals surface area contributed by atoms with Crippen LogP contribution in [0, 0.1) is 6.92 Å². The minimum atomic E-state index is -0.513. The number of aliphatic hydroxyl groups excluding tert-OH is 1. The molecule has 3 heteroatoms. The second-order valence-electron chi connectivity index (χ2n) is 3.46. The second-order valence-corrected chi connectivity index (χ2v) is 5.95. The van der Waals surface area contributed by atoms with E-state index >= 15 is 0 Å². The van der Waals surface area contributed by atoms with Crippen molar-refractivity contribution in [2.24, 2.45) is 0 Å². The van der Waals surface area contributed by atoms with Gasteiger partial charge in [-0.05, 0) is 40.5 Å². The van der Waals surface area contributed by atoms with Gasteiger partial charge in [-0.1, -0.05) is 29.8 Å². The number of halogens is 1. The molecule has 0 spiro atoms. The maximum absolute atomic E-state index is 10.1. The minimum absolute atomic E-state index is 0.513. The Morgan fingerprint density at radius 3 is 2.67 bits per heavy atom. The van der Waals surface area contributed by atoms with E-state index in [0.29, 0.717) is 0 Å². The first kappa shape index (κ1) is 10.9. The van der Waals surface area contributed by atoms with E-state index in [9.17, 15) is 5.11 Å². The molecule has 0 aliphatic rings. The number of aryl methyl sites for hydroxylation is 1. The smallest absolute Gasteiger partial charge is 0.113 e. The summed E-state index contributed by atoms with van der Waals surface area (Å²) in [6.45, 7) is 2.03. The summed E-state index contributed by atoms with van der Waals surface area (Å²) in [4.78, 5) is 0.965. The third kappa shape index (κ3) is 2.48. The Bertz CT molecular complexity index is 464. The zero-order valence-corrected chi connectivity index (χ0v) is 10.7. The largest absolute Gasteiger partial charge is 0.383 e. The van der Waals surface area contributed by atoms with Gasteiger partial charge in [-0.3, -0.25) is 0 Å². The summed E-state index contributed by atoms with van der Waals surface area (Å²) in [6, 6.07) is 11.9. The first-order chi connectivity index (χ1) is 7.16. The monoisotopic (exact) mass is 282 g/mol. The predicted molar refractivity (Wildman–Crippen MR) is 67.3 cm³/mol. The molecule has 1 aromatic carbocycles. The SMILES string of the molecule is Cc1cccc(C(O)c2ccc(Br)s2)c1. The molecule has 1 unspecified atom stereocenters. The molecule has 1 heterocycles. The Morgan fingerprint density at radius 2 is 2.07 bits per heavy atom. The summed E-state index contributed by atoms with van der Waals surface area (Å²) in [7, 11) is 0. The van der Waals surface area contributed by atoms with Gasteiger partial charge in [-0.15, -0.1) is 11.3 Å². The van der Waals surface area contributed by atoms with Crippen LogP contribution in [0.5, 0.6) is 0 Å². The Kier molecular flexibility index (Phi) is 3.24. The Morgan fingerprint density at radius 1 is 1.27 bits per heavy atom. The van der Waals surface area contributed by atoms with Crippen molar-refractivity contribution in [1.82, 2.24) is 0 Å². The van der Waals surface area contributed by atoms with Crippen LogP contribution in [-0.2, 0) is 0 Å². The van der Waals surface area contributed by atoms with Crippen molar-refractivity contribution in [3.63, 3.8) is 0 Å². The third-order valence-electron chi connectivity index (χ3n) is 2.22. The standard InChI is InChI=1S/C12H11BrOS/c1-8-3-2-4-9(7-8)12(14)10-5-6-11(13)15-10/h2-7,12,14H,1H3. The van der Waals surface area contributed by atoms with Gasteiger partial charge in [0.05, 0.1) is 3.79 Å². The van der Waals surface area contributed by atoms with Crippen LogP contribution in [0.3, 0.4) is 0 Å². The van der Waals surface area contributed by atoms with E-state index < -0.39 is 6.10 Å². The van der Waals surface area contributed by atoms with Gasteiger partial charge >= 0.3 is 0 Å². The molecule has 0 aliphatic heterocycles. The molecular formula is C12H11BrOS. The molecule has 1 aromatic heterocycles. The maximum Gasteiger partial charge on any atom is 0.113 e. The van der Waals surface area contributed by atoms with Crippen LogP contribution in [0.1, 0.15) is 22.1 Å². The highest BCUT2D eigenvalue weighted by Crippen LogP contribution is 2.31. The fraction of sp³-hybridized carbons (Fsp3) is 0.167. The van der Waals surface area contributed by atoms with E-state index in [1.165, 1.54) is 5.56 Å². The molecule has 0 bridgehead atoms. The number of aliphatic hydroxyl groups is 1. The zero-order chi connectivity index (χ0) is 10.8. The number of hydrogen-bond donors (Lipinski definition) is 1. The molecule has 2 aromatic rings. The fourth-order valence-corrected chi connectivity index (χ4v) is 2.92. The summed E-state index contributed by atoms with van der Waals surface area (Å²) >= 11 is 4.96. The molecule has 0 aliphatic carbocycles. The molecule has 1 N–H and O–H groups in total. The number of rotatable bonds is 2. The van der Waals surface area contributed by atoms with Gasteiger partial charge in [-0.25, -0.2) is 0 Å². The molecule has 1 atom stereocenters. The average Bonchev–Trinajstić information content (AvgIpc) is 2.64. The van der Waals surface area contributed by atoms with Crippen LogP contribution in [0.15, 0.2) is 40.2 Å². The first-order valence-electron chi connectivity index (χ1n) is 4.66. The molecule has 78 valence electrons. The van der Waals surface area contributed by atoms with Crippen LogP contribution in [0.25, 0.3) is 0 Å². The van der Waals surface area contributed by atoms with Gasteiger partial charge in [0, 0.05) is 4.88 Å². The minimum Gasteiger partial charge on any atom is -0.383 e. The highest BCUT2D eigenvalue weighted by molar-refractivity contribution is 9.11. The average molecular weight is 283 g/mol. The van der Waals surface area contributed by atoms with Gasteiger partial charge < -0.3 is 5.11 Å². The summed E-state index contributed by atoms with van der Waals surface area (Å²) in [5.74, 6) is 0. The molecule has 15 heavy (non-hydrogen) atoms. The Balaban J connectivity index is 2.32. The lowest BCUT2D eigenvalue weighted by Gasteiger charge is -2.09. The van der Waals surface area contributed by atoms with E-state index in [2.05, 4.69) is 15.9 Å². The molecule has 0 fully saturated rings. The lowest BCUT2D eigenvalue weighted by Crippen LogP contribution is -1.96. The molecule has 0 radical (unpaired) electrons. The second kappa shape index (κ2) is 4.47. The van der Waals surface area contributed by atoms with E-state index in [0.717, 1.165) is 14.2 Å². The third-order valence-corrected chi connectivity index (χ3v) is 3.90. The fourth-order valence-electron chi connectivity index (χ4n) is 1.48. The molecule has 1 nitrogen and oxygen atoms in total. The normalized spacial score (nSPS) is 12.7. The van der Waals surface area contributed by atoms with Crippen LogP contribution < -0.4 is 0 Å². The first-order valence-corrected chi connectivity index (χ1v) is 6.27. The number of thiophene rings is 1. The van der Waals surface area contributed by atoms with Gasteiger partial charge in [0.1, 0.15) is 6.10 Å². The van der Waals surface area contributed by atoms with Crippen molar-refractivity contribution in [3.8, 4) is 0 Å². The summed E-state index contributed by atoms with van der Waals surface area (Å²) in [6.07, 6.45) is -0.513. The zero-order valence-electron chi connectivity index (χ0n) is 8.27. The highest BCUT2D eigenvalue weighted by Gasteiger charge is 2.12. The molecule has 0 amide bonds. The number of hydrogen-bond acceptors (Lipinski definition) is 2. The number of benzene rings is 1. The summed E-state index contributed by atoms with van der Waals surface area (Å²) in [5, 5.41) is 10.1. The Hall–Kier alpha value is -0.640.